The van der Waals surface area contributed by atoms with Gasteiger partial charge in [-0.1, -0.05) is 0 Å². The summed E-state index contributed by atoms with van der Waals surface area (Å²) in [6, 6.07) is 2.67. The monoisotopic (exact) mass is 233 g/mol. The van der Waals surface area contributed by atoms with Gasteiger partial charge in [-0.25, -0.2) is 4.39 Å². The average Bonchev–Trinajstić information content (AvgIpc) is 2.24. The van der Waals surface area contributed by atoms with E-state index >= 15 is 0 Å². The number of aliphatic hydroxyl groups excluding tert-OH is 1. The minimum Gasteiger partial charge on any atom is -0.505 e. The molecule has 0 radical (unpaired) electrons. The van der Waals surface area contributed by atoms with Gasteiger partial charge in [0, 0.05) is 12.1 Å². The number of hydrogen-bond donors (Lipinski definition) is 3. The maximum Gasteiger partial charge on any atom is 0.144 e. The predicted molar refractivity (Wildman–Crippen MR) is 58.0 cm³/mol. The van der Waals surface area contributed by atoms with Crippen LogP contribution in [0.25, 0.3) is 0 Å². The molecule has 0 aliphatic heterocycles. The van der Waals surface area contributed by atoms with Gasteiger partial charge in [-0.05, 0) is 19.1 Å². The third-order valence-corrected chi connectivity index (χ3v) is 2.43. The molecule has 0 spiro atoms. The third-order valence-electron chi connectivity index (χ3n) is 2.07. The standard InChI is InChI=1S/C10H13ClFNO2/c1-6-8(12)2-3-9(10(6)15)13-5-7(14)4-11/h2-3,7,13-15H,4-5H2,1H3. The fraction of sp³-hybridized carbons (Fsp3) is 0.400. The van der Waals surface area contributed by atoms with Crippen molar-refractivity contribution in [3.8, 4) is 5.75 Å². The van der Waals surface area contributed by atoms with Crippen molar-refractivity contribution >= 4 is 17.3 Å². The van der Waals surface area contributed by atoms with Crippen LogP contribution in [0.15, 0.2) is 12.1 Å². The lowest BCUT2D eigenvalue weighted by Gasteiger charge is -2.12. The topological polar surface area (TPSA) is 52.5 Å². The molecule has 3 N–H and O–H groups in total. The summed E-state index contributed by atoms with van der Waals surface area (Å²) in [5.41, 5.74) is 0.568. The Morgan fingerprint density at radius 3 is 2.80 bits per heavy atom. The van der Waals surface area contributed by atoms with Crippen LogP contribution in [0.4, 0.5) is 10.1 Å². The SMILES string of the molecule is Cc1c(F)ccc(NCC(O)CCl)c1O. The molecule has 1 unspecified atom stereocenters. The van der Waals surface area contributed by atoms with Gasteiger partial charge in [0.05, 0.1) is 17.7 Å². The molecule has 0 aromatic heterocycles. The van der Waals surface area contributed by atoms with Gasteiger partial charge < -0.3 is 15.5 Å². The normalized spacial score (nSPS) is 12.5. The molecule has 0 aliphatic carbocycles. The summed E-state index contributed by atoms with van der Waals surface area (Å²) < 4.78 is 13.0. The smallest absolute Gasteiger partial charge is 0.144 e. The first-order valence-electron chi connectivity index (χ1n) is 4.52. The van der Waals surface area contributed by atoms with E-state index in [1.165, 1.54) is 19.1 Å². The van der Waals surface area contributed by atoms with Crippen LogP contribution in [-0.4, -0.2) is 28.7 Å². The van der Waals surface area contributed by atoms with Crippen LogP contribution in [-0.2, 0) is 0 Å². The Bertz CT molecular complexity index is 346. The van der Waals surface area contributed by atoms with E-state index < -0.39 is 11.9 Å². The summed E-state index contributed by atoms with van der Waals surface area (Å²) in [6.45, 7) is 1.69. The maximum absolute atomic E-state index is 13.0. The summed E-state index contributed by atoms with van der Waals surface area (Å²) in [5.74, 6) is -0.499. The number of phenolic OH excluding ortho intramolecular Hbond substituents is 1. The number of benzene rings is 1. The number of alkyl halides is 1. The Morgan fingerprint density at radius 2 is 2.20 bits per heavy atom. The Hall–Kier alpha value is -1.00. The van der Waals surface area contributed by atoms with Crippen LogP contribution in [0.3, 0.4) is 0 Å². The van der Waals surface area contributed by atoms with Crippen molar-refractivity contribution in [3.63, 3.8) is 0 Å². The van der Waals surface area contributed by atoms with Crippen molar-refractivity contribution in [1.82, 2.24) is 0 Å². The molecule has 5 heteroatoms. The van der Waals surface area contributed by atoms with Crippen LogP contribution < -0.4 is 5.32 Å². The first-order chi connectivity index (χ1) is 7.06. The lowest BCUT2D eigenvalue weighted by Crippen LogP contribution is -2.20. The van der Waals surface area contributed by atoms with E-state index in [2.05, 4.69) is 5.32 Å². The Balaban J connectivity index is 2.74. The van der Waals surface area contributed by atoms with E-state index in [-0.39, 0.29) is 23.7 Å². The van der Waals surface area contributed by atoms with Crippen molar-refractivity contribution in [1.29, 1.82) is 0 Å². The van der Waals surface area contributed by atoms with Gasteiger partial charge in [-0.15, -0.1) is 11.6 Å². The van der Waals surface area contributed by atoms with Crippen molar-refractivity contribution in [2.24, 2.45) is 0 Å². The molecule has 0 aliphatic rings. The lowest BCUT2D eigenvalue weighted by molar-refractivity contribution is 0.211. The molecule has 0 saturated heterocycles. The highest BCUT2D eigenvalue weighted by atomic mass is 35.5. The number of aromatic hydroxyl groups is 1. The van der Waals surface area contributed by atoms with Gasteiger partial charge in [-0.3, -0.25) is 0 Å². The van der Waals surface area contributed by atoms with Gasteiger partial charge in [0.15, 0.2) is 0 Å². The first-order valence-corrected chi connectivity index (χ1v) is 5.05. The van der Waals surface area contributed by atoms with Gasteiger partial charge in [0.1, 0.15) is 11.6 Å². The van der Waals surface area contributed by atoms with Crippen LogP contribution >= 0.6 is 11.6 Å². The largest absolute Gasteiger partial charge is 0.505 e. The number of phenols is 1. The molecule has 84 valence electrons. The second-order valence-corrected chi connectivity index (χ2v) is 3.57. The molecule has 0 heterocycles. The Kier molecular flexibility index (Phi) is 4.17. The maximum atomic E-state index is 13.0. The summed E-state index contributed by atoms with van der Waals surface area (Å²) in [6.07, 6.45) is -0.698. The van der Waals surface area contributed by atoms with Gasteiger partial charge >= 0.3 is 0 Å². The summed E-state index contributed by atoms with van der Waals surface area (Å²) in [4.78, 5) is 0. The lowest BCUT2D eigenvalue weighted by atomic mass is 10.2. The highest BCUT2D eigenvalue weighted by Gasteiger charge is 2.09. The van der Waals surface area contributed by atoms with Crippen molar-refractivity contribution in [2.45, 2.75) is 13.0 Å². The van der Waals surface area contributed by atoms with E-state index in [0.717, 1.165) is 0 Å². The molecule has 15 heavy (non-hydrogen) atoms. The molecule has 0 bridgehead atoms. The van der Waals surface area contributed by atoms with Gasteiger partial charge in [0.25, 0.3) is 0 Å². The fourth-order valence-corrected chi connectivity index (χ4v) is 1.21. The van der Waals surface area contributed by atoms with Crippen molar-refractivity contribution < 1.29 is 14.6 Å². The Labute approximate surface area is 92.5 Å². The van der Waals surface area contributed by atoms with Crippen LogP contribution in [0, 0.1) is 12.7 Å². The quantitative estimate of drug-likeness (QED) is 0.550. The van der Waals surface area contributed by atoms with E-state index in [1.54, 1.807) is 0 Å². The van der Waals surface area contributed by atoms with E-state index in [4.69, 9.17) is 11.6 Å². The first kappa shape index (κ1) is 12.1. The van der Waals surface area contributed by atoms with Crippen LogP contribution in [0.1, 0.15) is 5.56 Å². The molecule has 3 nitrogen and oxygen atoms in total. The number of nitrogens with one attached hydrogen (secondary N) is 1. The molecule has 0 saturated carbocycles. The number of hydrogen-bond acceptors (Lipinski definition) is 3. The van der Waals surface area contributed by atoms with Crippen molar-refractivity contribution in [3.05, 3.63) is 23.5 Å². The van der Waals surface area contributed by atoms with E-state index in [1.807, 2.05) is 0 Å². The number of aliphatic hydroxyl groups is 1. The molecule has 1 aromatic carbocycles. The molecule has 1 rings (SSSR count). The number of anilines is 1. The number of halogens is 2. The third kappa shape index (κ3) is 2.97. The van der Waals surface area contributed by atoms with Gasteiger partial charge in [-0.2, -0.15) is 0 Å². The highest BCUT2D eigenvalue weighted by molar-refractivity contribution is 6.18. The fourth-order valence-electron chi connectivity index (χ4n) is 1.10. The molecule has 0 amide bonds. The molecule has 1 atom stereocenters. The molecular formula is C10H13ClFNO2. The van der Waals surface area contributed by atoms with Crippen molar-refractivity contribution in [2.75, 3.05) is 17.7 Å². The van der Waals surface area contributed by atoms with Crippen LogP contribution in [0.2, 0.25) is 0 Å². The molecule has 1 aromatic rings. The zero-order valence-corrected chi connectivity index (χ0v) is 9.05. The zero-order valence-electron chi connectivity index (χ0n) is 8.30. The minimum absolute atomic E-state index is 0.105. The highest BCUT2D eigenvalue weighted by Crippen LogP contribution is 2.28. The minimum atomic E-state index is -0.698. The zero-order chi connectivity index (χ0) is 11.4. The number of rotatable bonds is 4. The summed E-state index contributed by atoms with van der Waals surface area (Å²) >= 11 is 5.40. The Morgan fingerprint density at radius 1 is 1.53 bits per heavy atom. The van der Waals surface area contributed by atoms with Crippen LogP contribution in [0.5, 0.6) is 5.75 Å². The second kappa shape index (κ2) is 5.19. The van der Waals surface area contributed by atoms with E-state index in [0.29, 0.717) is 5.69 Å². The van der Waals surface area contributed by atoms with Gasteiger partial charge in [0.2, 0.25) is 0 Å². The molecule has 0 fully saturated rings. The second-order valence-electron chi connectivity index (χ2n) is 3.26. The summed E-state index contributed by atoms with van der Waals surface area (Å²) in [5, 5.41) is 21.5. The molecular weight excluding hydrogens is 221 g/mol. The van der Waals surface area contributed by atoms with E-state index in [9.17, 15) is 14.6 Å². The summed E-state index contributed by atoms with van der Waals surface area (Å²) in [7, 11) is 0. The average molecular weight is 234 g/mol. The predicted octanol–water partition coefficient (Wildman–Crippen LogP) is 1.85.